The number of aromatic nitrogens is 3. The topological polar surface area (TPSA) is 69.2 Å². The summed E-state index contributed by atoms with van der Waals surface area (Å²) in [5.74, 6) is 1.72. The first-order chi connectivity index (χ1) is 9.81. The molecule has 0 amide bonds. The van der Waals surface area contributed by atoms with Crippen LogP contribution >= 0.6 is 0 Å². The summed E-state index contributed by atoms with van der Waals surface area (Å²) in [5, 5.41) is 0. The Morgan fingerprint density at radius 1 is 1.35 bits per heavy atom. The van der Waals surface area contributed by atoms with Crippen molar-refractivity contribution in [3.05, 3.63) is 42.1 Å². The van der Waals surface area contributed by atoms with E-state index in [2.05, 4.69) is 19.4 Å². The maximum absolute atomic E-state index is 5.97. The van der Waals surface area contributed by atoms with Gasteiger partial charge >= 0.3 is 0 Å². The molecule has 0 spiro atoms. The Morgan fingerprint density at radius 2 is 2.25 bits per heavy atom. The largest absolute Gasteiger partial charge is 0.481 e. The van der Waals surface area contributed by atoms with Crippen LogP contribution in [0.15, 0.2) is 30.7 Å². The molecule has 0 radical (unpaired) electrons. The fourth-order valence-electron chi connectivity index (χ4n) is 2.66. The van der Waals surface area contributed by atoms with Crippen LogP contribution in [0.4, 0.5) is 0 Å². The molecule has 106 valence electrons. The van der Waals surface area contributed by atoms with Crippen molar-refractivity contribution in [3.8, 4) is 5.88 Å². The number of rotatable bonds is 4. The normalized spacial score (nSPS) is 16.7. The molecule has 0 aromatic carbocycles. The highest BCUT2D eigenvalue weighted by Gasteiger charge is 2.24. The molecule has 0 fully saturated rings. The zero-order valence-electron chi connectivity index (χ0n) is 11.6. The van der Waals surface area contributed by atoms with Crippen molar-refractivity contribution in [3.63, 3.8) is 0 Å². The van der Waals surface area contributed by atoms with Crippen LogP contribution in [0.1, 0.15) is 17.4 Å². The van der Waals surface area contributed by atoms with Crippen molar-refractivity contribution in [2.75, 3.05) is 20.2 Å². The molecule has 2 aromatic heterocycles. The second-order valence-electron chi connectivity index (χ2n) is 4.89. The highest BCUT2D eigenvalue weighted by atomic mass is 16.5. The summed E-state index contributed by atoms with van der Waals surface area (Å²) < 4.78 is 7.29. The minimum Gasteiger partial charge on any atom is -0.481 e. The van der Waals surface area contributed by atoms with Crippen molar-refractivity contribution in [2.45, 2.75) is 19.1 Å². The van der Waals surface area contributed by atoms with Crippen LogP contribution in [-0.2, 0) is 13.1 Å². The van der Waals surface area contributed by atoms with E-state index in [1.54, 1.807) is 7.11 Å². The van der Waals surface area contributed by atoms with E-state index in [1.165, 1.54) is 0 Å². The lowest BCUT2D eigenvalue weighted by molar-refractivity contribution is 0.156. The van der Waals surface area contributed by atoms with Gasteiger partial charge in [0.2, 0.25) is 5.88 Å². The van der Waals surface area contributed by atoms with Crippen molar-refractivity contribution < 1.29 is 4.74 Å². The first-order valence-electron chi connectivity index (χ1n) is 6.76. The SMILES string of the molecule is COc1ccc(C(CN)N2CCn3ccnc3C2)cn1. The maximum atomic E-state index is 5.97. The van der Waals surface area contributed by atoms with Crippen molar-refractivity contribution in [1.82, 2.24) is 19.4 Å². The van der Waals surface area contributed by atoms with E-state index in [9.17, 15) is 0 Å². The molecule has 0 bridgehead atoms. The van der Waals surface area contributed by atoms with Crippen LogP contribution in [-0.4, -0.2) is 39.6 Å². The predicted octanol–water partition coefficient (Wildman–Crippen LogP) is 0.802. The third kappa shape index (κ3) is 2.39. The average molecular weight is 273 g/mol. The minimum absolute atomic E-state index is 0.166. The lowest BCUT2D eigenvalue weighted by Crippen LogP contribution is -2.39. The molecule has 0 saturated heterocycles. The smallest absolute Gasteiger partial charge is 0.212 e. The van der Waals surface area contributed by atoms with E-state index in [0.717, 1.165) is 31.0 Å². The number of pyridine rings is 1. The summed E-state index contributed by atoms with van der Waals surface area (Å²) in [6.07, 6.45) is 5.72. The van der Waals surface area contributed by atoms with Gasteiger partial charge < -0.3 is 15.0 Å². The average Bonchev–Trinajstić information content (AvgIpc) is 2.96. The third-order valence-corrected chi connectivity index (χ3v) is 3.79. The first kappa shape index (κ1) is 13.1. The van der Waals surface area contributed by atoms with Gasteiger partial charge in [-0.2, -0.15) is 0 Å². The van der Waals surface area contributed by atoms with Gasteiger partial charge in [-0.3, -0.25) is 4.90 Å². The molecule has 6 heteroatoms. The van der Waals surface area contributed by atoms with Gasteiger partial charge in [-0.15, -0.1) is 0 Å². The predicted molar refractivity (Wildman–Crippen MR) is 75.2 cm³/mol. The number of nitrogens with two attached hydrogens (primary N) is 1. The molecule has 2 N–H and O–H groups in total. The van der Waals surface area contributed by atoms with Gasteiger partial charge in [-0.1, -0.05) is 6.07 Å². The summed E-state index contributed by atoms with van der Waals surface area (Å²) >= 11 is 0. The van der Waals surface area contributed by atoms with Gasteiger partial charge in [0, 0.05) is 50.3 Å². The summed E-state index contributed by atoms with van der Waals surface area (Å²) in [7, 11) is 1.62. The van der Waals surface area contributed by atoms with Gasteiger partial charge in [0.05, 0.1) is 13.7 Å². The van der Waals surface area contributed by atoms with Gasteiger partial charge in [-0.25, -0.2) is 9.97 Å². The number of nitrogens with zero attached hydrogens (tertiary/aromatic N) is 4. The lowest BCUT2D eigenvalue weighted by Gasteiger charge is -2.34. The summed E-state index contributed by atoms with van der Waals surface area (Å²) in [6.45, 7) is 3.31. The first-order valence-corrected chi connectivity index (χ1v) is 6.76. The Kier molecular flexibility index (Phi) is 3.66. The van der Waals surface area contributed by atoms with Crippen molar-refractivity contribution in [1.29, 1.82) is 0 Å². The Balaban J connectivity index is 1.79. The number of fused-ring (bicyclic) bond motifs is 1. The van der Waals surface area contributed by atoms with Crippen LogP contribution in [0.25, 0.3) is 0 Å². The van der Waals surface area contributed by atoms with E-state index in [4.69, 9.17) is 10.5 Å². The van der Waals surface area contributed by atoms with Gasteiger partial charge in [0.1, 0.15) is 5.82 Å². The highest BCUT2D eigenvalue weighted by Crippen LogP contribution is 2.24. The highest BCUT2D eigenvalue weighted by molar-refractivity contribution is 5.21. The number of ether oxygens (including phenoxy) is 1. The Bertz CT molecular complexity index is 565. The van der Waals surface area contributed by atoms with Crippen LogP contribution in [0, 0.1) is 0 Å². The molecule has 20 heavy (non-hydrogen) atoms. The number of methoxy groups -OCH3 is 1. The fraction of sp³-hybridized carbons (Fsp3) is 0.429. The van der Waals surface area contributed by atoms with Gasteiger partial charge in [-0.05, 0) is 5.56 Å². The third-order valence-electron chi connectivity index (χ3n) is 3.79. The molecule has 1 unspecified atom stereocenters. The molecule has 6 nitrogen and oxygen atoms in total. The fourth-order valence-corrected chi connectivity index (χ4v) is 2.66. The molecule has 1 atom stereocenters. The van der Waals surface area contributed by atoms with Gasteiger partial charge in [0.25, 0.3) is 0 Å². The molecular weight excluding hydrogens is 254 g/mol. The molecule has 2 aromatic rings. The van der Waals surface area contributed by atoms with E-state index in [-0.39, 0.29) is 6.04 Å². The molecule has 1 aliphatic rings. The Morgan fingerprint density at radius 3 is 2.95 bits per heavy atom. The van der Waals surface area contributed by atoms with Crippen molar-refractivity contribution in [2.24, 2.45) is 5.73 Å². The quantitative estimate of drug-likeness (QED) is 0.892. The van der Waals surface area contributed by atoms with Crippen LogP contribution in [0.5, 0.6) is 5.88 Å². The van der Waals surface area contributed by atoms with Crippen LogP contribution in [0.3, 0.4) is 0 Å². The summed E-state index contributed by atoms with van der Waals surface area (Å²) in [6, 6.07) is 4.08. The van der Waals surface area contributed by atoms with E-state index in [1.807, 2.05) is 30.7 Å². The van der Waals surface area contributed by atoms with E-state index >= 15 is 0 Å². The van der Waals surface area contributed by atoms with E-state index in [0.29, 0.717) is 12.4 Å². The number of hydrogen-bond donors (Lipinski definition) is 1. The number of imidazole rings is 1. The van der Waals surface area contributed by atoms with Gasteiger partial charge in [0.15, 0.2) is 0 Å². The molecule has 3 heterocycles. The summed E-state index contributed by atoms with van der Waals surface area (Å²) in [4.78, 5) is 11.0. The Hall–Kier alpha value is -1.92. The molecule has 3 rings (SSSR count). The zero-order chi connectivity index (χ0) is 13.9. The van der Waals surface area contributed by atoms with Crippen LogP contribution < -0.4 is 10.5 Å². The maximum Gasteiger partial charge on any atom is 0.212 e. The molecule has 0 saturated carbocycles. The molecule has 1 aliphatic heterocycles. The second kappa shape index (κ2) is 5.60. The Labute approximate surface area is 118 Å². The van der Waals surface area contributed by atoms with E-state index < -0.39 is 0 Å². The zero-order valence-corrected chi connectivity index (χ0v) is 11.6. The molecular formula is C14H19N5O. The standard InChI is InChI=1S/C14H19N5O/c1-20-14-3-2-11(9-17-14)12(8-15)19-7-6-18-5-4-16-13(18)10-19/h2-5,9,12H,6-8,10,15H2,1H3. The summed E-state index contributed by atoms with van der Waals surface area (Å²) in [5.41, 5.74) is 7.09. The minimum atomic E-state index is 0.166. The van der Waals surface area contributed by atoms with Crippen LogP contribution in [0.2, 0.25) is 0 Å². The second-order valence-corrected chi connectivity index (χ2v) is 4.89. The monoisotopic (exact) mass is 273 g/mol. The lowest BCUT2D eigenvalue weighted by atomic mass is 10.1. The number of hydrogen-bond acceptors (Lipinski definition) is 5. The molecule has 0 aliphatic carbocycles. The van der Waals surface area contributed by atoms with Crippen molar-refractivity contribution >= 4 is 0 Å².